The smallest absolute Gasteiger partial charge is 0.355 e. The molecule has 4 aromatic rings. The number of hydrogen-bond acceptors (Lipinski definition) is 5. The van der Waals surface area contributed by atoms with Crippen molar-refractivity contribution in [2.45, 2.75) is 18.7 Å². The molecule has 4 rings (SSSR count). The summed E-state index contributed by atoms with van der Waals surface area (Å²) >= 11 is 3.41. The lowest BCUT2D eigenvalue weighted by Crippen LogP contribution is -2.15. The Hall–Kier alpha value is -3.87. The molecule has 0 unspecified atom stereocenters. The summed E-state index contributed by atoms with van der Waals surface area (Å²) in [6.07, 6.45) is 1.41. The lowest BCUT2D eigenvalue weighted by molar-refractivity contribution is 0.0693. The van der Waals surface area contributed by atoms with Crippen LogP contribution in [0.15, 0.2) is 70.2 Å². The minimum atomic E-state index is -3.93. The summed E-state index contributed by atoms with van der Waals surface area (Å²) in [5.41, 5.74) is 2.52. The van der Waals surface area contributed by atoms with Gasteiger partial charge in [-0.15, -0.1) is 0 Å². The van der Waals surface area contributed by atoms with E-state index in [1.165, 1.54) is 19.4 Å². The van der Waals surface area contributed by atoms with Gasteiger partial charge in [0, 0.05) is 21.4 Å². The summed E-state index contributed by atoms with van der Waals surface area (Å²) in [5.74, 6) is 5.52. The van der Waals surface area contributed by atoms with Crippen molar-refractivity contribution in [3.05, 3.63) is 93.2 Å². The summed E-state index contributed by atoms with van der Waals surface area (Å²) in [5, 5.41) is 10.5. The highest BCUT2D eigenvalue weighted by Gasteiger charge is 2.21. The van der Waals surface area contributed by atoms with Crippen molar-refractivity contribution in [3.63, 3.8) is 0 Å². The van der Waals surface area contributed by atoms with Gasteiger partial charge in [0.1, 0.15) is 5.75 Å². The average molecular weight is 565 g/mol. The molecular weight excluding hydrogens is 544 g/mol. The first-order valence-corrected chi connectivity index (χ1v) is 13.0. The van der Waals surface area contributed by atoms with E-state index in [2.05, 4.69) is 37.5 Å². The van der Waals surface area contributed by atoms with Crippen LogP contribution < -0.4 is 9.46 Å². The number of hydrogen-bond donors (Lipinski definition) is 2. The van der Waals surface area contributed by atoms with Gasteiger partial charge in [-0.3, -0.25) is 4.72 Å². The second-order valence-electron chi connectivity index (χ2n) is 7.93. The van der Waals surface area contributed by atoms with E-state index in [4.69, 9.17) is 4.74 Å². The second kappa shape index (κ2) is 10.0. The number of aromatic carboxylic acids is 1. The quantitative estimate of drug-likeness (QED) is 0.309. The number of benzene rings is 3. The highest BCUT2D eigenvalue weighted by atomic mass is 79.9. The van der Waals surface area contributed by atoms with E-state index in [1.54, 1.807) is 62.4 Å². The van der Waals surface area contributed by atoms with Gasteiger partial charge in [-0.05, 0) is 55.3 Å². The molecule has 182 valence electrons. The molecule has 0 aliphatic carbocycles. The predicted octanol–water partition coefficient (Wildman–Crippen LogP) is 5.52. The van der Waals surface area contributed by atoms with E-state index < -0.39 is 16.0 Å². The van der Waals surface area contributed by atoms with Crippen LogP contribution in [0.5, 0.6) is 5.75 Å². The van der Waals surface area contributed by atoms with Gasteiger partial charge in [0.05, 0.1) is 28.8 Å². The van der Waals surface area contributed by atoms with Crippen LogP contribution in [0.25, 0.3) is 10.8 Å². The van der Waals surface area contributed by atoms with Crippen molar-refractivity contribution in [2.75, 3.05) is 11.8 Å². The molecule has 0 amide bonds. The summed E-state index contributed by atoms with van der Waals surface area (Å²) in [6, 6.07) is 15.1. The van der Waals surface area contributed by atoms with E-state index in [9.17, 15) is 18.3 Å². The van der Waals surface area contributed by atoms with Gasteiger partial charge in [-0.2, -0.15) is 0 Å². The van der Waals surface area contributed by atoms with Crippen LogP contribution in [0.3, 0.4) is 0 Å². The number of nitrogens with zero attached hydrogens (tertiary/aromatic N) is 1. The molecule has 2 N–H and O–H groups in total. The van der Waals surface area contributed by atoms with E-state index in [0.717, 1.165) is 10.0 Å². The molecule has 0 fully saturated rings. The van der Waals surface area contributed by atoms with E-state index >= 15 is 0 Å². The van der Waals surface area contributed by atoms with E-state index in [0.29, 0.717) is 38.9 Å². The van der Waals surface area contributed by atoms with Gasteiger partial charge in [0.2, 0.25) is 0 Å². The Morgan fingerprint density at radius 1 is 1.00 bits per heavy atom. The topological polar surface area (TPSA) is 106 Å². The van der Waals surface area contributed by atoms with E-state index in [1.807, 2.05) is 0 Å². The number of aromatic nitrogens is 1. The average Bonchev–Trinajstić information content (AvgIpc) is 2.85. The first-order valence-electron chi connectivity index (χ1n) is 10.7. The third-order valence-electron chi connectivity index (χ3n) is 5.75. The van der Waals surface area contributed by atoms with Crippen LogP contribution in [0.4, 0.5) is 5.69 Å². The number of carboxylic acid groups (broad SMARTS) is 1. The summed E-state index contributed by atoms with van der Waals surface area (Å²) in [7, 11) is -2.39. The molecule has 0 saturated heterocycles. The summed E-state index contributed by atoms with van der Waals surface area (Å²) < 4.78 is 35.2. The first kappa shape index (κ1) is 25.2. The molecule has 0 aliphatic heterocycles. The first-order chi connectivity index (χ1) is 17.1. The van der Waals surface area contributed by atoms with Crippen molar-refractivity contribution < 1.29 is 23.1 Å². The molecule has 0 bridgehead atoms. The molecule has 36 heavy (non-hydrogen) atoms. The Morgan fingerprint density at radius 3 is 2.39 bits per heavy atom. The number of halogens is 1. The van der Waals surface area contributed by atoms with Crippen LogP contribution in [0.2, 0.25) is 0 Å². The number of carbonyl (C=O) groups is 1. The highest BCUT2D eigenvalue weighted by molar-refractivity contribution is 9.10. The number of carboxylic acids is 1. The van der Waals surface area contributed by atoms with Gasteiger partial charge in [0.15, 0.2) is 5.69 Å². The number of nitrogens with one attached hydrogen (secondary N) is 1. The Morgan fingerprint density at radius 2 is 1.69 bits per heavy atom. The zero-order valence-corrected chi connectivity index (χ0v) is 22.0. The summed E-state index contributed by atoms with van der Waals surface area (Å²) in [4.78, 5) is 15.7. The molecule has 9 heteroatoms. The molecule has 0 aliphatic rings. The molecule has 0 spiro atoms. The van der Waals surface area contributed by atoms with Gasteiger partial charge in [-0.25, -0.2) is 18.2 Å². The Labute approximate surface area is 217 Å². The number of fused-ring (bicyclic) bond motifs is 1. The van der Waals surface area contributed by atoms with Gasteiger partial charge in [0.25, 0.3) is 10.0 Å². The molecule has 7 nitrogen and oxygen atoms in total. The van der Waals surface area contributed by atoms with Crippen molar-refractivity contribution >= 4 is 48.4 Å². The number of methoxy groups -OCH3 is 1. The van der Waals surface area contributed by atoms with Crippen LogP contribution >= 0.6 is 15.9 Å². The van der Waals surface area contributed by atoms with Gasteiger partial charge in [-0.1, -0.05) is 52.0 Å². The van der Waals surface area contributed by atoms with Gasteiger partial charge >= 0.3 is 5.97 Å². The number of pyridine rings is 1. The second-order valence-corrected chi connectivity index (χ2v) is 10.5. The molecule has 0 saturated carbocycles. The maximum atomic E-state index is 13.3. The lowest BCUT2D eigenvalue weighted by atomic mass is 10.0. The van der Waals surface area contributed by atoms with Crippen LogP contribution in [-0.2, 0) is 10.0 Å². The number of sulfonamides is 1. The molecular formula is C27H21BrN2O5S. The molecule has 3 aromatic carbocycles. The fourth-order valence-electron chi connectivity index (χ4n) is 3.79. The largest absolute Gasteiger partial charge is 0.496 e. The third-order valence-corrected chi connectivity index (χ3v) is 7.76. The number of rotatable bonds is 5. The standard InChI is InChI=1S/C27H21BrN2O5S/c1-16-17(2)25(13-12-24(16)35-3)36(33,34)30-23-11-10-20(28)14-18(23)8-9-19-15-29-26(27(31)32)22-7-5-4-6-21(19)22/h4-7,10-15,30H,1-3H3,(H,31,32). The monoisotopic (exact) mass is 564 g/mol. The highest BCUT2D eigenvalue weighted by Crippen LogP contribution is 2.30. The number of anilines is 1. The fraction of sp³-hybridized carbons (Fsp3) is 0.111. The fourth-order valence-corrected chi connectivity index (χ4v) is 5.53. The van der Waals surface area contributed by atoms with Crippen molar-refractivity contribution in [1.29, 1.82) is 0 Å². The van der Waals surface area contributed by atoms with Crippen molar-refractivity contribution in [1.82, 2.24) is 4.98 Å². The van der Waals surface area contributed by atoms with E-state index in [-0.39, 0.29) is 10.6 Å². The van der Waals surface area contributed by atoms with Crippen LogP contribution in [0.1, 0.15) is 32.7 Å². The Balaban J connectivity index is 1.77. The van der Waals surface area contributed by atoms with Crippen molar-refractivity contribution in [2.24, 2.45) is 0 Å². The minimum absolute atomic E-state index is 0.0581. The van der Waals surface area contributed by atoms with Crippen LogP contribution in [-0.4, -0.2) is 31.6 Å². The van der Waals surface area contributed by atoms with Crippen molar-refractivity contribution in [3.8, 4) is 17.6 Å². The minimum Gasteiger partial charge on any atom is -0.496 e. The Bertz CT molecular complexity index is 1690. The zero-order valence-electron chi connectivity index (χ0n) is 19.6. The van der Waals surface area contributed by atoms with Gasteiger partial charge < -0.3 is 9.84 Å². The zero-order chi connectivity index (χ0) is 26.0. The molecule has 0 radical (unpaired) electrons. The predicted molar refractivity (Wildman–Crippen MR) is 142 cm³/mol. The number of ether oxygens (including phenoxy) is 1. The lowest BCUT2D eigenvalue weighted by Gasteiger charge is -2.15. The molecule has 1 aromatic heterocycles. The SMILES string of the molecule is COc1ccc(S(=O)(=O)Nc2ccc(Br)cc2C#Cc2cnc(C(=O)O)c3ccccc23)c(C)c1C. The third kappa shape index (κ3) is 4.91. The molecule has 1 heterocycles. The maximum absolute atomic E-state index is 13.3. The molecule has 0 atom stereocenters. The summed E-state index contributed by atoms with van der Waals surface area (Å²) in [6.45, 7) is 3.53. The normalized spacial score (nSPS) is 11.0. The Kier molecular flexibility index (Phi) is 7.02. The maximum Gasteiger partial charge on any atom is 0.355 e. The van der Waals surface area contributed by atoms with Crippen LogP contribution in [0, 0.1) is 25.7 Å².